The van der Waals surface area contributed by atoms with E-state index in [2.05, 4.69) is 37.2 Å². The molecule has 3 N–H and O–H groups in total. The number of phenols is 1. The summed E-state index contributed by atoms with van der Waals surface area (Å²) in [5.74, 6) is 0.610. The molecule has 0 bridgehead atoms. The first-order valence-electron chi connectivity index (χ1n) is 6.03. The molecule has 18 heavy (non-hydrogen) atoms. The molecule has 0 aliphatic heterocycles. The lowest BCUT2D eigenvalue weighted by Gasteiger charge is -2.09. The van der Waals surface area contributed by atoms with Crippen LogP contribution >= 0.6 is 31.9 Å². The fourth-order valence-electron chi connectivity index (χ4n) is 1.62. The van der Waals surface area contributed by atoms with Crippen molar-refractivity contribution < 1.29 is 10.2 Å². The number of aliphatic hydroxyl groups excluding tert-OH is 1. The first kappa shape index (κ1) is 16.0. The molecule has 1 atom stereocenters. The van der Waals surface area contributed by atoms with Crippen molar-refractivity contribution in [1.82, 2.24) is 5.32 Å². The molecule has 0 aliphatic carbocycles. The number of aliphatic hydroxyl groups is 1. The first-order chi connectivity index (χ1) is 8.54. The molecule has 0 fully saturated rings. The highest BCUT2D eigenvalue weighted by Crippen LogP contribution is 2.33. The Kier molecular flexibility index (Phi) is 7.22. The monoisotopic (exact) mass is 379 g/mol. The van der Waals surface area contributed by atoms with Crippen LogP contribution in [0, 0.1) is 5.92 Å². The SMILES string of the molecule is CC(CO)CCCNCc1cc(Br)c(O)c(Br)c1. The molecule has 0 amide bonds. The van der Waals surface area contributed by atoms with Crippen molar-refractivity contribution in [3.05, 3.63) is 26.6 Å². The van der Waals surface area contributed by atoms with Crippen molar-refractivity contribution in [2.24, 2.45) is 5.92 Å². The Labute approximate surface area is 125 Å². The lowest BCUT2D eigenvalue weighted by Crippen LogP contribution is -2.16. The molecule has 0 heterocycles. The Morgan fingerprint density at radius 2 is 1.89 bits per heavy atom. The van der Waals surface area contributed by atoms with Gasteiger partial charge < -0.3 is 15.5 Å². The van der Waals surface area contributed by atoms with Crippen LogP contribution in [0.3, 0.4) is 0 Å². The molecule has 102 valence electrons. The standard InChI is InChI=1S/C13H19Br2NO2/c1-9(8-17)3-2-4-16-7-10-5-11(14)13(18)12(15)6-10/h5-6,9,16-18H,2-4,7-8H2,1H3. The van der Waals surface area contributed by atoms with Crippen molar-refractivity contribution in [2.75, 3.05) is 13.2 Å². The largest absolute Gasteiger partial charge is 0.506 e. The summed E-state index contributed by atoms with van der Waals surface area (Å²) in [6.07, 6.45) is 2.09. The van der Waals surface area contributed by atoms with Gasteiger partial charge in [0.25, 0.3) is 0 Å². The molecule has 0 aromatic heterocycles. The molecule has 0 aliphatic rings. The van der Waals surface area contributed by atoms with Crippen LogP contribution in [-0.4, -0.2) is 23.4 Å². The fourth-order valence-corrected chi connectivity index (χ4v) is 2.90. The van der Waals surface area contributed by atoms with Crippen LogP contribution in [0.2, 0.25) is 0 Å². The third-order valence-electron chi connectivity index (χ3n) is 2.77. The minimum Gasteiger partial charge on any atom is -0.506 e. The van der Waals surface area contributed by atoms with E-state index in [1.807, 2.05) is 19.1 Å². The maximum absolute atomic E-state index is 9.59. The van der Waals surface area contributed by atoms with E-state index < -0.39 is 0 Å². The van der Waals surface area contributed by atoms with Gasteiger partial charge in [-0.3, -0.25) is 0 Å². The van der Waals surface area contributed by atoms with E-state index in [0.717, 1.165) is 31.5 Å². The van der Waals surface area contributed by atoms with Gasteiger partial charge in [0, 0.05) is 13.2 Å². The van der Waals surface area contributed by atoms with Gasteiger partial charge in [-0.25, -0.2) is 0 Å². The number of aromatic hydroxyl groups is 1. The summed E-state index contributed by atoms with van der Waals surface area (Å²) >= 11 is 6.62. The summed E-state index contributed by atoms with van der Waals surface area (Å²) in [5, 5.41) is 21.8. The minimum absolute atomic E-state index is 0.232. The smallest absolute Gasteiger partial charge is 0.143 e. The maximum atomic E-state index is 9.59. The molecule has 0 radical (unpaired) electrons. The number of phenolic OH excluding ortho intramolecular Hbond substituents is 1. The molecule has 1 aromatic rings. The van der Waals surface area contributed by atoms with E-state index in [0.29, 0.717) is 14.9 Å². The fraction of sp³-hybridized carbons (Fsp3) is 0.538. The zero-order chi connectivity index (χ0) is 13.5. The predicted molar refractivity (Wildman–Crippen MR) is 80.7 cm³/mol. The molecule has 3 nitrogen and oxygen atoms in total. The second-order valence-corrected chi connectivity index (χ2v) is 6.22. The summed E-state index contributed by atoms with van der Waals surface area (Å²) < 4.78 is 1.39. The van der Waals surface area contributed by atoms with Gasteiger partial charge in [-0.05, 0) is 74.9 Å². The zero-order valence-electron chi connectivity index (χ0n) is 10.4. The highest BCUT2D eigenvalue weighted by atomic mass is 79.9. The molecular weight excluding hydrogens is 362 g/mol. The summed E-state index contributed by atoms with van der Waals surface area (Å²) in [4.78, 5) is 0. The topological polar surface area (TPSA) is 52.5 Å². The summed E-state index contributed by atoms with van der Waals surface area (Å²) in [7, 11) is 0. The van der Waals surface area contributed by atoms with Crippen LogP contribution < -0.4 is 5.32 Å². The summed E-state index contributed by atoms with van der Waals surface area (Å²) in [6.45, 7) is 4.01. The Morgan fingerprint density at radius 1 is 1.28 bits per heavy atom. The minimum atomic E-state index is 0.232. The van der Waals surface area contributed by atoms with Gasteiger partial charge >= 0.3 is 0 Å². The molecule has 1 unspecified atom stereocenters. The Hall–Kier alpha value is -0.100. The number of hydrogen-bond acceptors (Lipinski definition) is 3. The van der Waals surface area contributed by atoms with Gasteiger partial charge in [-0.1, -0.05) is 6.92 Å². The number of benzene rings is 1. The zero-order valence-corrected chi connectivity index (χ0v) is 13.6. The lowest BCUT2D eigenvalue weighted by molar-refractivity contribution is 0.228. The molecule has 0 saturated heterocycles. The van der Waals surface area contributed by atoms with Crippen LogP contribution in [0.4, 0.5) is 0 Å². The van der Waals surface area contributed by atoms with E-state index in [9.17, 15) is 5.11 Å². The summed E-state index contributed by atoms with van der Waals surface area (Å²) in [5.41, 5.74) is 1.11. The molecule has 1 rings (SSSR count). The summed E-state index contributed by atoms with van der Waals surface area (Å²) in [6, 6.07) is 3.81. The van der Waals surface area contributed by atoms with Crippen LogP contribution in [-0.2, 0) is 6.54 Å². The molecule has 0 spiro atoms. The van der Waals surface area contributed by atoms with Crippen molar-refractivity contribution in [1.29, 1.82) is 0 Å². The third-order valence-corrected chi connectivity index (χ3v) is 3.98. The van der Waals surface area contributed by atoms with Crippen molar-refractivity contribution in [2.45, 2.75) is 26.3 Å². The molecule has 1 aromatic carbocycles. The second-order valence-electron chi connectivity index (χ2n) is 4.51. The average molecular weight is 381 g/mol. The highest BCUT2D eigenvalue weighted by molar-refractivity contribution is 9.11. The van der Waals surface area contributed by atoms with Gasteiger partial charge in [0.15, 0.2) is 0 Å². The van der Waals surface area contributed by atoms with Crippen molar-refractivity contribution >= 4 is 31.9 Å². The second kappa shape index (κ2) is 8.15. The van der Waals surface area contributed by atoms with Crippen molar-refractivity contribution in [3.63, 3.8) is 0 Å². The lowest BCUT2D eigenvalue weighted by atomic mass is 10.1. The van der Waals surface area contributed by atoms with Crippen molar-refractivity contribution in [3.8, 4) is 5.75 Å². The molecule has 5 heteroatoms. The Morgan fingerprint density at radius 3 is 2.44 bits per heavy atom. The van der Waals surface area contributed by atoms with E-state index >= 15 is 0 Å². The van der Waals surface area contributed by atoms with Crippen LogP contribution in [0.1, 0.15) is 25.3 Å². The van der Waals surface area contributed by atoms with Gasteiger partial charge in [0.2, 0.25) is 0 Å². The maximum Gasteiger partial charge on any atom is 0.143 e. The number of halogens is 2. The Balaban J connectivity index is 2.32. The number of nitrogens with one attached hydrogen (secondary N) is 1. The first-order valence-corrected chi connectivity index (χ1v) is 7.61. The number of hydrogen-bond donors (Lipinski definition) is 3. The van der Waals surface area contributed by atoms with E-state index in [1.165, 1.54) is 0 Å². The predicted octanol–water partition coefficient (Wildman–Crippen LogP) is 3.42. The molecule has 0 saturated carbocycles. The third kappa shape index (κ3) is 5.26. The van der Waals surface area contributed by atoms with E-state index in [4.69, 9.17) is 5.11 Å². The number of rotatable bonds is 7. The highest BCUT2D eigenvalue weighted by Gasteiger charge is 2.05. The van der Waals surface area contributed by atoms with Crippen LogP contribution in [0.25, 0.3) is 0 Å². The van der Waals surface area contributed by atoms with Gasteiger partial charge in [0.1, 0.15) is 5.75 Å². The normalized spacial score (nSPS) is 12.7. The average Bonchev–Trinajstić information content (AvgIpc) is 2.35. The quantitative estimate of drug-likeness (QED) is 0.635. The van der Waals surface area contributed by atoms with Gasteiger partial charge in [-0.15, -0.1) is 0 Å². The van der Waals surface area contributed by atoms with Gasteiger partial charge in [0.05, 0.1) is 8.95 Å². The van der Waals surface area contributed by atoms with E-state index in [-0.39, 0.29) is 12.4 Å². The van der Waals surface area contributed by atoms with Crippen LogP contribution in [0.15, 0.2) is 21.1 Å². The van der Waals surface area contributed by atoms with E-state index in [1.54, 1.807) is 0 Å². The molecular formula is C13H19Br2NO2. The van der Waals surface area contributed by atoms with Gasteiger partial charge in [-0.2, -0.15) is 0 Å². The van der Waals surface area contributed by atoms with Crippen LogP contribution in [0.5, 0.6) is 5.75 Å². The Bertz CT molecular complexity index is 362.